The Kier molecular flexibility index (Phi) is 3.39. The average Bonchev–Trinajstić information content (AvgIpc) is 1.79. The quantitative estimate of drug-likeness (QED) is 0.588. The summed E-state index contributed by atoms with van der Waals surface area (Å²) >= 11 is 0. The van der Waals surface area contributed by atoms with E-state index < -0.39 is 18.3 Å². The third kappa shape index (κ3) is 4.48. The van der Waals surface area contributed by atoms with Crippen LogP contribution in [0.25, 0.3) is 0 Å². The van der Waals surface area contributed by atoms with Gasteiger partial charge in [0.1, 0.15) is 0 Å². The summed E-state index contributed by atoms with van der Waals surface area (Å²) in [5.74, 6) is 0. The molecule has 0 amide bonds. The molecule has 0 spiro atoms. The molecule has 0 bridgehead atoms. The Morgan fingerprint density at radius 1 is 0.769 bits per heavy atom. The second kappa shape index (κ2) is 3.46. The molecule has 0 saturated carbocycles. The molecule has 0 N–H and O–H groups in total. The molecule has 0 aromatic carbocycles. The van der Waals surface area contributed by atoms with Gasteiger partial charge >= 0.3 is 6.18 Å². The first-order valence-electron chi connectivity index (χ1n) is 4.21. The molecule has 0 aliphatic carbocycles. The first-order valence-corrected chi connectivity index (χ1v) is 4.21. The summed E-state index contributed by atoms with van der Waals surface area (Å²) in [4.78, 5) is 0. The first-order chi connectivity index (χ1) is 5.46. The molecule has 0 fully saturated rings. The summed E-state index contributed by atoms with van der Waals surface area (Å²) in [6, 6.07) is 0. The lowest BCUT2D eigenvalue weighted by Crippen LogP contribution is -2.38. The summed E-state index contributed by atoms with van der Waals surface area (Å²) in [6.45, 7) is 5.97. The molecule has 0 radical (unpaired) electrons. The molecule has 0 saturated heterocycles. The van der Waals surface area contributed by atoms with Crippen LogP contribution in [0.3, 0.4) is 0 Å². The number of hydrogen-bond donors (Lipinski definition) is 0. The number of rotatable bonds is 2. The van der Waals surface area contributed by atoms with Crippen LogP contribution >= 0.6 is 0 Å². The molecular formula is C9H16F4. The molecule has 0 nitrogen and oxygen atoms in total. The van der Waals surface area contributed by atoms with Crippen molar-refractivity contribution in [2.45, 2.75) is 52.4 Å². The molecular weight excluding hydrogens is 184 g/mol. The van der Waals surface area contributed by atoms with Gasteiger partial charge in [-0.3, -0.25) is 0 Å². The van der Waals surface area contributed by atoms with Gasteiger partial charge in [0.2, 0.25) is 5.67 Å². The second-order valence-corrected chi connectivity index (χ2v) is 4.76. The van der Waals surface area contributed by atoms with Crippen LogP contribution in [0.5, 0.6) is 0 Å². The number of halogens is 4. The van der Waals surface area contributed by atoms with Crippen LogP contribution in [0.4, 0.5) is 17.6 Å². The standard InChI is InChI=1S/C9H16F4/c1-7(2,3)5-6-8(4,10)9(11,12)13/h5-6H2,1-4H3. The molecule has 13 heavy (non-hydrogen) atoms. The third-order valence-corrected chi connectivity index (χ3v) is 1.94. The Labute approximate surface area is 76.3 Å². The van der Waals surface area contributed by atoms with Crippen LogP contribution in [0.15, 0.2) is 0 Å². The van der Waals surface area contributed by atoms with E-state index in [0.717, 1.165) is 0 Å². The van der Waals surface area contributed by atoms with Gasteiger partial charge in [-0.15, -0.1) is 0 Å². The lowest BCUT2D eigenvalue weighted by molar-refractivity contribution is -0.227. The zero-order valence-corrected chi connectivity index (χ0v) is 8.43. The highest BCUT2D eigenvalue weighted by Crippen LogP contribution is 2.39. The average molecular weight is 200 g/mol. The van der Waals surface area contributed by atoms with Gasteiger partial charge in [-0.25, -0.2) is 4.39 Å². The predicted molar refractivity (Wildman–Crippen MR) is 44.3 cm³/mol. The molecule has 0 rings (SSSR count). The van der Waals surface area contributed by atoms with Crippen molar-refractivity contribution in [2.75, 3.05) is 0 Å². The van der Waals surface area contributed by atoms with Crippen molar-refractivity contribution in [2.24, 2.45) is 5.41 Å². The van der Waals surface area contributed by atoms with E-state index in [2.05, 4.69) is 0 Å². The largest absolute Gasteiger partial charge is 0.422 e. The van der Waals surface area contributed by atoms with E-state index >= 15 is 0 Å². The molecule has 0 aromatic rings. The van der Waals surface area contributed by atoms with E-state index in [-0.39, 0.29) is 11.8 Å². The van der Waals surface area contributed by atoms with Crippen LogP contribution in [0.2, 0.25) is 0 Å². The zero-order valence-electron chi connectivity index (χ0n) is 8.43. The van der Waals surface area contributed by atoms with Gasteiger partial charge < -0.3 is 0 Å². The van der Waals surface area contributed by atoms with E-state index in [9.17, 15) is 17.6 Å². The van der Waals surface area contributed by atoms with Gasteiger partial charge in [0.15, 0.2) is 0 Å². The molecule has 80 valence electrons. The fourth-order valence-electron chi connectivity index (χ4n) is 0.751. The van der Waals surface area contributed by atoms with Crippen LogP contribution in [0, 0.1) is 5.41 Å². The Bertz CT molecular complexity index is 161. The van der Waals surface area contributed by atoms with E-state index in [1.807, 2.05) is 0 Å². The fraction of sp³-hybridized carbons (Fsp3) is 1.00. The topological polar surface area (TPSA) is 0 Å². The van der Waals surface area contributed by atoms with Crippen LogP contribution in [0.1, 0.15) is 40.5 Å². The summed E-state index contributed by atoms with van der Waals surface area (Å²) in [6.07, 6.45) is -5.00. The van der Waals surface area contributed by atoms with Gasteiger partial charge in [-0.1, -0.05) is 20.8 Å². The number of hydrogen-bond acceptors (Lipinski definition) is 0. The van der Waals surface area contributed by atoms with Crippen LogP contribution < -0.4 is 0 Å². The SMILES string of the molecule is CC(C)(C)CCC(C)(F)C(F)(F)F. The van der Waals surface area contributed by atoms with Crippen molar-refractivity contribution in [3.05, 3.63) is 0 Å². The summed E-state index contributed by atoms with van der Waals surface area (Å²) in [5.41, 5.74) is -3.32. The molecule has 0 aliphatic heterocycles. The second-order valence-electron chi connectivity index (χ2n) is 4.76. The first kappa shape index (κ1) is 12.7. The lowest BCUT2D eigenvalue weighted by atomic mass is 9.86. The minimum Gasteiger partial charge on any atom is -0.234 e. The van der Waals surface area contributed by atoms with E-state index in [0.29, 0.717) is 6.92 Å². The molecule has 1 unspecified atom stereocenters. The van der Waals surface area contributed by atoms with E-state index in [4.69, 9.17) is 0 Å². The van der Waals surface area contributed by atoms with Crippen molar-refractivity contribution in [1.29, 1.82) is 0 Å². The molecule has 1 atom stereocenters. The van der Waals surface area contributed by atoms with Crippen molar-refractivity contribution < 1.29 is 17.6 Å². The lowest BCUT2D eigenvalue weighted by Gasteiger charge is -2.27. The maximum atomic E-state index is 13.0. The Balaban J connectivity index is 4.21. The third-order valence-electron chi connectivity index (χ3n) is 1.94. The maximum Gasteiger partial charge on any atom is 0.422 e. The number of alkyl halides is 4. The summed E-state index contributed by atoms with van der Waals surface area (Å²) < 4.78 is 49.1. The van der Waals surface area contributed by atoms with Crippen molar-refractivity contribution in [3.8, 4) is 0 Å². The summed E-state index contributed by atoms with van der Waals surface area (Å²) in [7, 11) is 0. The van der Waals surface area contributed by atoms with Gasteiger partial charge in [0.25, 0.3) is 0 Å². The zero-order chi connectivity index (χ0) is 10.9. The van der Waals surface area contributed by atoms with Crippen molar-refractivity contribution in [1.82, 2.24) is 0 Å². The minimum absolute atomic E-state index is 0.222. The minimum atomic E-state index is -4.75. The Morgan fingerprint density at radius 3 is 1.38 bits per heavy atom. The maximum absolute atomic E-state index is 13.0. The molecule has 0 aliphatic rings. The van der Waals surface area contributed by atoms with E-state index in [1.54, 1.807) is 20.8 Å². The highest BCUT2D eigenvalue weighted by atomic mass is 19.4. The predicted octanol–water partition coefficient (Wildman–Crippen LogP) is 4.10. The van der Waals surface area contributed by atoms with Gasteiger partial charge in [0.05, 0.1) is 0 Å². The van der Waals surface area contributed by atoms with Crippen LogP contribution in [-0.2, 0) is 0 Å². The van der Waals surface area contributed by atoms with Gasteiger partial charge in [0, 0.05) is 0 Å². The Hall–Kier alpha value is -0.280. The normalized spacial score (nSPS) is 18.5. The van der Waals surface area contributed by atoms with Crippen LogP contribution in [-0.4, -0.2) is 11.8 Å². The fourth-order valence-corrected chi connectivity index (χ4v) is 0.751. The molecule has 0 heterocycles. The molecule has 0 aromatic heterocycles. The highest BCUT2D eigenvalue weighted by Gasteiger charge is 2.51. The highest BCUT2D eigenvalue weighted by molar-refractivity contribution is 4.83. The monoisotopic (exact) mass is 200 g/mol. The van der Waals surface area contributed by atoms with Gasteiger partial charge in [-0.2, -0.15) is 13.2 Å². The Morgan fingerprint density at radius 2 is 1.15 bits per heavy atom. The van der Waals surface area contributed by atoms with Gasteiger partial charge in [-0.05, 0) is 25.2 Å². The molecule has 4 heteroatoms. The van der Waals surface area contributed by atoms with Crippen molar-refractivity contribution in [3.63, 3.8) is 0 Å². The van der Waals surface area contributed by atoms with E-state index in [1.165, 1.54) is 0 Å². The van der Waals surface area contributed by atoms with Crippen molar-refractivity contribution >= 4 is 0 Å². The smallest absolute Gasteiger partial charge is 0.234 e. The summed E-state index contributed by atoms with van der Waals surface area (Å²) in [5, 5.41) is 0.